The van der Waals surface area contributed by atoms with Crippen LogP contribution in [0.15, 0.2) is 10.5 Å². The lowest BCUT2D eigenvalue weighted by Crippen LogP contribution is -1.98. The minimum atomic E-state index is 0.536. The summed E-state index contributed by atoms with van der Waals surface area (Å²) in [4.78, 5) is 4.61. The Morgan fingerprint density at radius 1 is 1.50 bits per heavy atom. The second kappa shape index (κ2) is 5.36. The maximum atomic E-state index is 4.61. The van der Waals surface area contributed by atoms with Crippen LogP contribution in [0.5, 0.6) is 0 Å². The number of thioether (sulfide) groups is 1. The van der Waals surface area contributed by atoms with Crippen molar-refractivity contribution in [2.75, 3.05) is 0 Å². The van der Waals surface area contributed by atoms with Crippen molar-refractivity contribution in [3.63, 3.8) is 0 Å². The molecule has 0 unspecified atom stereocenters. The molecular formula is C11H15N5S2. The summed E-state index contributed by atoms with van der Waals surface area (Å²) in [5, 5.41) is 16.2. The molecular weight excluding hydrogens is 266 g/mol. The van der Waals surface area contributed by atoms with Crippen LogP contribution in [0.4, 0.5) is 0 Å². The molecule has 0 amide bonds. The van der Waals surface area contributed by atoms with Gasteiger partial charge in [0.1, 0.15) is 0 Å². The Morgan fingerprint density at radius 2 is 2.39 bits per heavy atom. The van der Waals surface area contributed by atoms with Crippen LogP contribution in [-0.4, -0.2) is 25.2 Å². The summed E-state index contributed by atoms with van der Waals surface area (Å²) < 4.78 is 1.95. The standard InChI is InChI=1S/C11H15N5S2/c1-2-3-10-12-8(6-17-10)7-18-11-13-14-15-16(11)9-4-5-9/h6,9H,2-5,7H2,1H3. The predicted molar refractivity (Wildman–Crippen MR) is 71.8 cm³/mol. The molecule has 0 aromatic carbocycles. The van der Waals surface area contributed by atoms with Gasteiger partial charge < -0.3 is 0 Å². The number of hydrogen-bond donors (Lipinski definition) is 0. The second-order valence-corrected chi connectivity index (χ2v) is 6.29. The van der Waals surface area contributed by atoms with E-state index in [2.05, 4.69) is 32.8 Å². The number of aryl methyl sites for hydroxylation is 1. The molecule has 3 rings (SSSR count). The Bertz CT molecular complexity index is 517. The van der Waals surface area contributed by atoms with Gasteiger partial charge in [0.2, 0.25) is 5.16 Å². The summed E-state index contributed by atoms with van der Waals surface area (Å²) in [7, 11) is 0. The van der Waals surface area contributed by atoms with Gasteiger partial charge in [-0.2, -0.15) is 0 Å². The first-order valence-corrected chi connectivity index (χ1v) is 8.07. The van der Waals surface area contributed by atoms with E-state index in [0.717, 1.165) is 29.4 Å². The molecule has 0 N–H and O–H groups in total. The van der Waals surface area contributed by atoms with Crippen LogP contribution in [-0.2, 0) is 12.2 Å². The number of rotatable bonds is 6. The molecule has 7 heteroatoms. The van der Waals surface area contributed by atoms with Crippen LogP contribution in [0.3, 0.4) is 0 Å². The van der Waals surface area contributed by atoms with Gasteiger partial charge in [0, 0.05) is 11.1 Å². The Labute approximate surface area is 114 Å². The Kier molecular flexibility index (Phi) is 3.60. The van der Waals surface area contributed by atoms with Gasteiger partial charge in [0.15, 0.2) is 0 Å². The van der Waals surface area contributed by atoms with Gasteiger partial charge in [-0.1, -0.05) is 18.7 Å². The van der Waals surface area contributed by atoms with Crippen LogP contribution in [0.25, 0.3) is 0 Å². The zero-order valence-electron chi connectivity index (χ0n) is 10.2. The maximum absolute atomic E-state index is 4.61. The first-order chi connectivity index (χ1) is 8.86. The highest BCUT2D eigenvalue weighted by molar-refractivity contribution is 7.98. The van der Waals surface area contributed by atoms with Gasteiger partial charge in [-0.15, -0.1) is 16.4 Å². The summed E-state index contributed by atoms with van der Waals surface area (Å²) in [5.74, 6) is 0.854. The third-order valence-electron chi connectivity index (χ3n) is 2.77. The van der Waals surface area contributed by atoms with Gasteiger partial charge in [0.25, 0.3) is 0 Å². The number of nitrogens with zero attached hydrogens (tertiary/aromatic N) is 5. The van der Waals surface area contributed by atoms with E-state index in [0.29, 0.717) is 6.04 Å². The highest BCUT2D eigenvalue weighted by Crippen LogP contribution is 2.36. The minimum Gasteiger partial charge on any atom is -0.245 e. The third-order valence-corrected chi connectivity index (χ3v) is 4.69. The van der Waals surface area contributed by atoms with Gasteiger partial charge in [0.05, 0.1) is 16.7 Å². The molecule has 1 saturated carbocycles. The summed E-state index contributed by atoms with van der Waals surface area (Å²) in [5.41, 5.74) is 1.14. The monoisotopic (exact) mass is 281 g/mol. The first kappa shape index (κ1) is 12.1. The van der Waals surface area contributed by atoms with Gasteiger partial charge in [-0.05, 0) is 36.1 Å². The van der Waals surface area contributed by atoms with Crippen molar-refractivity contribution in [3.05, 3.63) is 16.1 Å². The van der Waals surface area contributed by atoms with E-state index in [9.17, 15) is 0 Å². The molecule has 1 aliphatic rings. The molecule has 1 fully saturated rings. The molecule has 0 spiro atoms. The van der Waals surface area contributed by atoms with Crippen LogP contribution in [0.1, 0.15) is 42.9 Å². The molecule has 0 radical (unpaired) electrons. The fourth-order valence-electron chi connectivity index (χ4n) is 1.71. The lowest BCUT2D eigenvalue weighted by molar-refractivity contribution is 0.565. The van der Waals surface area contributed by atoms with Crippen molar-refractivity contribution < 1.29 is 0 Å². The van der Waals surface area contributed by atoms with Gasteiger partial charge in [-0.3, -0.25) is 0 Å². The average Bonchev–Trinajstić information content (AvgIpc) is 2.94. The minimum absolute atomic E-state index is 0.536. The maximum Gasteiger partial charge on any atom is 0.209 e. The van der Waals surface area contributed by atoms with E-state index in [-0.39, 0.29) is 0 Å². The smallest absolute Gasteiger partial charge is 0.209 e. The topological polar surface area (TPSA) is 56.5 Å². The molecule has 0 saturated heterocycles. The van der Waals surface area contributed by atoms with Crippen molar-refractivity contribution in [1.29, 1.82) is 0 Å². The SMILES string of the molecule is CCCc1nc(CSc2nnnn2C2CC2)cs1. The molecule has 2 aromatic heterocycles. The van der Waals surface area contributed by atoms with E-state index in [4.69, 9.17) is 0 Å². The largest absolute Gasteiger partial charge is 0.245 e. The summed E-state index contributed by atoms with van der Waals surface area (Å²) in [6.07, 6.45) is 4.64. The number of tetrazole rings is 1. The van der Waals surface area contributed by atoms with E-state index in [1.807, 2.05) is 4.68 Å². The third kappa shape index (κ3) is 2.72. The molecule has 0 aliphatic heterocycles. The average molecular weight is 281 g/mol. The summed E-state index contributed by atoms with van der Waals surface area (Å²) in [6.45, 7) is 2.18. The highest BCUT2D eigenvalue weighted by atomic mass is 32.2. The lowest BCUT2D eigenvalue weighted by atomic mass is 10.3. The van der Waals surface area contributed by atoms with Gasteiger partial charge in [-0.25, -0.2) is 9.67 Å². The molecule has 5 nitrogen and oxygen atoms in total. The van der Waals surface area contributed by atoms with Crippen LogP contribution >= 0.6 is 23.1 Å². The number of thiazole rings is 1. The van der Waals surface area contributed by atoms with Crippen LogP contribution in [0, 0.1) is 0 Å². The molecule has 96 valence electrons. The summed E-state index contributed by atoms with van der Waals surface area (Å²) >= 11 is 3.43. The lowest BCUT2D eigenvalue weighted by Gasteiger charge is -2.00. The van der Waals surface area contributed by atoms with Crippen LogP contribution in [0.2, 0.25) is 0 Å². The molecule has 18 heavy (non-hydrogen) atoms. The van der Waals surface area contributed by atoms with Crippen molar-refractivity contribution in [1.82, 2.24) is 25.2 Å². The number of aromatic nitrogens is 5. The normalized spacial score (nSPS) is 15.2. The second-order valence-electron chi connectivity index (χ2n) is 4.41. The predicted octanol–water partition coefficient (Wildman–Crippen LogP) is 2.71. The fourth-order valence-corrected chi connectivity index (χ4v) is 3.55. The Morgan fingerprint density at radius 3 is 3.17 bits per heavy atom. The molecule has 1 aliphatic carbocycles. The molecule has 0 bridgehead atoms. The fraction of sp³-hybridized carbons (Fsp3) is 0.636. The van der Waals surface area contributed by atoms with Crippen molar-refractivity contribution in [3.8, 4) is 0 Å². The Balaban J connectivity index is 1.60. The van der Waals surface area contributed by atoms with Crippen molar-refractivity contribution >= 4 is 23.1 Å². The first-order valence-electron chi connectivity index (χ1n) is 6.20. The zero-order valence-corrected chi connectivity index (χ0v) is 11.9. The van der Waals surface area contributed by atoms with Gasteiger partial charge >= 0.3 is 0 Å². The molecule has 0 atom stereocenters. The number of hydrogen-bond acceptors (Lipinski definition) is 6. The van der Waals surface area contributed by atoms with E-state index in [1.165, 1.54) is 17.8 Å². The Hall–Kier alpha value is -0.950. The van der Waals surface area contributed by atoms with E-state index in [1.54, 1.807) is 23.1 Å². The van der Waals surface area contributed by atoms with Crippen LogP contribution < -0.4 is 0 Å². The van der Waals surface area contributed by atoms with Crippen molar-refractivity contribution in [2.24, 2.45) is 0 Å². The molecule has 2 heterocycles. The zero-order chi connectivity index (χ0) is 12.4. The highest BCUT2D eigenvalue weighted by Gasteiger charge is 2.27. The quantitative estimate of drug-likeness (QED) is 0.762. The van der Waals surface area contributed by atoms with Crippen molar-refractivity contribution in [2.45, 2.75) is 49.6 Å². The van der Waals surface area contributed by atoms with E-state index < -0.39 is 0 Å². The van der Waals surface area contributed by atoms with E-state index >= 15 is 0 Å². The summed E-state index contributed by atoms with van der Waals surface area (Å²) in [6, 6.07) is 0.536. The molecule has 2 aromatic rings.